The molecule has 0 spiro atoms. The van der Waals surface area contributed by atoms with E-state index >= 15 is 0 Å². The van der Waals surface area contributed by atoms with Crippen LogP contribution in [-0.2, 0) is 31.6 Å². The van der Waals surface area contributed by atoms with Crippen molar-refractivity contribution in [2.24, 2.45) is 0 Å². The zero-order valence-corrected chi connectivity index (χ0v) is 21.9. The van der Waals surface area contributed by atoms with Gasteiger partial charge in [-0.1, -0.05) is 57.9 Å². The number of rotatable bonds is 6. The van der Waals surface area contributed by atoms with Crippen molar-refractivity contribution in [2.45, 2.75) is 77.2 Å². The predicted molar refractivity (Wildman–Crippen MR) is 137 cm³/mol. The van der Waals surface area contributed by atoms with E-state index in [4.69, 9.17) is 4.74 Å². The average molecular weight is 484 g/mol. The number of nitrogens with zero attached hydrogens (tertiary/aromatic N) is 1. The maximum absolute atomic E-state index is 12.9. The van der Waals surface area contributed by atoms with Crippen molar-refractivity contribution in [1.82, 2.24) is 4.31 Å². The third-order valence-corrected chi connectivity index (χ3v) is 8.33. The van der Waals surface area contributed by atoms with Gasteiger partial charge in [0.05, 0.1) is 4.90 Å². The van der Waals surface area contributed by atoms with Gasteiger partial charge >= 0.3 is 5.97 Å². The van der Waals surface area contributed by atoms with Gasteiger partial charge in [0, 0.05) is 19.2 Å². The van der Waals surface area contributed by atoms with Crippen molar-refractivity contribution in [3.63, 3.8) is 0 Å². The van der Waals surface area contributed by atoms with E-state index in [0.717, 1.165) is 47.9 Å². The van der Waals surface area contributed by atoms with Gasteiger partial charge in [-0.25, -0.2) is 13.2 Å². The molecule has 0 N–H and O–H groups in total. The smallest absolute Gasteiger partial charge is 0.331 e. The van der Waals surface area contributed by atoms with E-state index in [9.17, 15) is 13.2 Å². The van der Waals surface area contributed by atoms with Crippen LogP contribution in [0.5, 0.6) is 0 Å². The highest BCUT2D eigenvalue weighted by molar-refractivity contribution is 7.89. The quantitative estimate of drug-likeness (QED) is 0.378. The number of esters is 1. The number of hydrogen-bond acceptors (Lipinski definition) is 4. The van der Waals surface area contributed by atoms with E-state index in [2.05, 4.69) is 32.9 Å². The van der Waals surface area contributed by atoms with E-state index in [1.54, 1.807) is 34.6 Å². The first-order chi connectivity index (χ1) is 16.0. The second-order valence-electron chi connectivity index (χ2n) is 10.2. The fraction of sp³-hybridized carbons (Fsp3) is 0.464. The molecular formula is C28H37NO4S. The molecule has 0 aromatic heterocycles. The largest absolute Gasteiger partial charge is 0.458 e. The molecule has 1 saturated heterocycles. The highest BCUT2D eigenvalue weighted by Gasteiger charge is 2.24. The van der Waals surface area contributed by atoms with Crippen LogP contribution < -0.4 is 0 Å². The maximum Gasteiger partial charge on any atom is 0.331 e. The molecule has 0 radical (unpaired) electrons. The van der Waals surface area contributed by atoms with Gasteiger partial charge in [-0.3, -0.25) is 0 Å². The van der Waals surface area contributed by atoms with Gasteiger partial charge in [0.15, 0.2) is 0 Å². The number of carbonyl (C=O) groups is 1. The summed E-state index contributed by atoms with van der Waals surface area (Å²) < 4.78 is 32.9. The van der Waals surface area contributed by atoms with Gasteiger partial charge in [0.1, 0.15) is 6.61 Å². The molecule has 184 valence electrons. The van der Waals surface area contributed by atoms with E-state index in [-0.39, 0.29) is 12.0 Å². The predicted octanol–water partition coefficient (Wildman–Crippen LogP) is 5.92. The average Bonchev–Trinajstić information content (AvgIpc) is 3.07. The van der Waals surface area contributed by atoms with Crippen LogP contribution in [0, 0.1) is 13.8 Å². The minimum Gasteiger partial charge on any atom is -0.458 e. The number of aryl methyl sites for hydroxylation is 2. The Morgan fingerprint density at radius 3 is 2.06 bits per heavy atom. The summed E-state index contributed by atoms with van der Waals surface area (Å²) in [5.74, 6) is -0.431. The lowest BCUT2D eigenvalue weighted by molar-refractivity contribution is -0.138. The Morgan fingerprint density at radius 1 is 0.971 bits per heavy atom. The minimum atomic E-state index is -3.48. The number of hydrogen-bond donors (Lipinski definition) is 0. The number of benzene rings is 2. The van der Waals surface area contributed by atoms with Gasteiger partial charge in [-0.15, -0.1) is 0 Å². The third kappa shape index (κ3) is 6.57. The summed E-state index contributed by atoms with van der Waals surface area (Å²) in [5.41, 5.74) is 5.33. The highest BCUT2D eigenvalue weighted by atomic mass is 32.2. The van der Waals surface area contributed by atoms with Crippen molar-refractivity contribution >= 4 is 22.1 Å². The van der Waals surface area contributed by atoms with Crippen LogP contribution in [0.1, 0.15) is 74.3 Å². The van der Waals surface area contributed by atoms with Crippen LogP contribution in [0.15, 0.2) is 47.4 Å². The number of carbonyl (C=O) groups excluding carboxylic acids is 1. The van der Waals surface area contributed by atoms with E-state index in [1.165, 1.54) is 11.6 Å². The summed E-state index contributed by atoms with van der Waals surface area (Å²) in [5, 5.41) is 0. The Hall–Kier alpha value is -2.44. The van der Waals surface area contributed by atoms with E-state index in [0.29, 0.717) is 18.0 Å². The first-order valence-electron chi connectivity index (χ1n) is 12.0. The molecule has 34 heavy (non-hydrogen) atoms. The Morgan fingerprint density at radius 2 is 1.53 bits per heavy atom. The van der Waals surface area contributed by atoms with Crippen LogP contribution in [0.25, 0.3) is 6.08 Å². The van der Waals surface area contributed by atoms with Crippen LogP contribution >= 0.6 is 0 Å². The van der Waals surface area contributed by atoms with Crippen molar-refractivity contribution in [3.8, 4) is 0 Å². The SMILES string of the molecule is Cc1cc(C(C)(C)C)cc(C)c1COC(=O)C=Cc1ccc(S(=O)(=O)N2CCCCCC2)cc1. The topological polar surface area (TPSA) is 63.7 Å². The molecule has 0 bridgehead atoms. The van der Waals surface area contributed by atoms with Crippen molar-refractivity contribution in [1.29, 1.82) is 0 Å². The fourth-order valence-electron chi connectivity index (χ4n) is 4.19. The summed E-state index contributed by atoms with van der Waals surface area (Å²) in [4.78, 5) is 12.6. The molecular weight excluding hydrogens is 446 g/mol. The van der Waals surface area contributed by atoms with Gasteiger partial charge < -0.3 is 4.74 Å². The highest BCUT2D eigenvalue weighted by Crippen LogP contribution is 2.27. The van der Waals surface area contributed by atoms with Crippen LogP contribution in [0.2, 0.25) is 0 Å². The Labute approximate surface area is 204 Å². The molecule has 6 heteroatoms. The molecule has 0 unspecified atom stereocenters. The van der Waals surface area contributed by atoms with Gasteiger partial charge in [0.25, 0.3) is 0 Å². The first kappa shape index (κ1) is 26.2. The van der Waals surface area contributed by atoms with Crippen LogP contribution in [0.4, 0.5) is 0 Å². The zero-order chi connectivity index (χ0) is 24.9. The number of sulfonamides is 1. The molecule has 3 rings (SSSR count). The van der Waals surface area contributed by atoms with Crippen LogP contribution in [0.3, 0.4) is 0 Å². The Bertz CT molecular complexity index is 1110. The standard InChI is InChI=1S/C28H37NO4S/c1-21-18-24(28(3,4)5)19-22(2)26(21)20-33-27(30)15-12-23-10-13-25(14-11-23)34(31,32)29-16-8-6-7-9-17-29/h10-15,18-19H,6-9,16-17,20H2,1-5H3. The molecule has 5 nitrogen and oxygen atoms in total. The normalized spacial score (nSPS) is 15.9. The molecule has 0 atom stereocenters. The van der Waals surface area contributed by atoms with E-state index < -0.39 is 16.0 Å². The molecule has 2 aromatic carbocycles. The summed E-state index contributed by atoms with van der Waals surface area (Å²) in [6, 6.07) is 11.0. The van der Waals surface area contributed by atoms with Gasteiger partial charge in [0.2, 0.25) is 10.0 Å². The fourth-order valence-corrected chi connectivity index (χ4v) is 5.71. The summed E-state index contributed by atoms with van der Waals surface area (Å²) in [6.45, 7) is 12.0. The minimum absolute atomic E-state index is 0.0649. The lowest BCUT2D eigenvalue weighted by Crippen LogP contribution is -2.31. The number of ether oxygens (including phenoxy) is 1. The maximum atomic E-state index is 12.9. The first-order valence-corrected chi connectivity index (χ1v) is 13.5. The second kappa shape index (κ2) is 10.9. The van der Waals surface area contributed by atoms with Crippen molar-refractivity contribution in [3.05, 3.63) is 70.3 Å². The molecule has 0 aliphatic carbocycles. The second-order valence-corrected chi connectivity index (χ2v) is 12.1. The monoisotopic (exact) mass is 483 g/mol. The summed E-state index contributed by atoms with van der Waals surface area (Å²) >= 11 is 0. The van der Waals surface area contributed by atoms with Crippen molar-refractivity contribution < 1.29 is 17.9 Å². The molecule has 1 aliphatic heterocycles. The van der Waals surface area contributed by atoms with E-state index in [1.807, 2.05) is 13.8 Å². The molecule has 0 saturated carbocycles. The molecule has 0 amide bonds. The molecule has 1 heterocycles. The third-order valence-electron chi connectivity index (χ3n) is 6.42. The lowest BCUT2D eigenvalue weighted by Gasteiger charge is -2.22. The summed E-state index contributed by atoms with van der Waals surface area (Å²) in [6.07, 6.45) is 6.99. The molecule has 1 fully saturated rings. The zero-order valence-electron chi connectivity index (χ0n) is 21.1. The lowest BCUT2D eigenvalue weighted by atomic mass is 9.84. The van der Waals surface area contributed by atoms with Gasteiger partial charge in [-0.2, -0.15) is 4.31 Å². The van der Waals surface area contributed by atoms with Crippen molar-refractivity contribution in [2.75, 3.05) is 13.1 Å². The Kier molecular flexibility index (Phi) is 8.37. The molecule has 1 aliphatic rings. The molecule has 2 aromatic rings. The van der Waals surface area contributed by atoms with Gasteiger partial charge in [-0.05, 0) is 78.1 Å². The van der Waals surface area contributed by atoms with Crippen LogP contribution in [-0.4, -0.2) is 31.8 Å². The summed E-state index contributed by atoms with van der Waals surface area (Å²) in [7, 11) is -3.48. The Balaban J connectivity index is 1.61.